The van der Waals surface area contributed by atoms with Crippen molar-refractivity contribution in [3.8, 4) is 0 Å². The van der Waals surface area contributed by atoms with E-state index in [1.807, 2.05) is 0 Å². The van der Waals surface area contributed by atoms with Crippen LogP contribution in [0.25, 0.3) is 0 Å². The van der Waals surface area contributed by atoms with Gasteiger partial charge in [0.2, 0.25) is 5.91 Å². The van der Waals surface area contributed by atoms with E-state index in [0.717, 1.165) is 38.8 Å². The molecule has 0 radical (unpaired) electrons. The van der Waals surface area contributed by atoms with Crippen LogP contribution in [-0.4, -0.2) is 31.6 Å². The molecule has 2 atom stereocenters. The zero-order valence-corrected chi connectivity index (χ0v) is 11.0. The largest absolute Gasteiger partial charge is 0.352 e. The number of carbonyl (C=O) groups is 1. The molecule has 0 saturated carbocycles. The maximum absolute atomic E-state index is 11.7. The highest BCUT2D eigenvalue weighted by Crippen LogP contribution is 2.14. The summed E-state index contributed by atoms with van der Waals surface area (Å²) in [4.78, 5) is 11.7. The van der Waals surface area contributed by atoms with Crippen molar-refractivity contribution in [1.82, 2.24) is 10.6 Å². The molecule has 17 heavy (non-hydrogen) atoms. The van der Waals surface area contributed by atoms with Crippen molar-refractivity contribution >= 4 is 5.91 Å². The van der Waals surface area contributed by atoms with E-state index in [-0.39, 0.29) is 11.9 Å². The van der Waals surface area contributed by atoms with Crippen molar-refractivity contribution in [2.24, 2.45) is 11.7 Å². The number of unbranched alkanes of at least 4 members (excludes halogenated alkanes) is 1. The Kier molecular flexibility index (Phi) is 7.21. The average Bonchev–Trinajstić information content (AvgIpc) is 2.85. The summed E-state index contributed by atoms with van der Waals surface area (Å²) >= 11 is 0. The van der Waals surface area contributed by atoms with Crippen LogP contribution in [0.4, 0.5) is 0 Å². The van der Waals surface area contributed by atoms with Crippen LogP contribution in [0, 0.1) is 5.92 Å². The summed E-state index contributed by atoms with van der Waals surface area (Å²) < 4.78 is 0. The van der Waals surface area contributed by atoms with Crippen molar-refractivity contribution in [2.75, 3.05) is 19.6 Å². The summed E-state index contributed by atoms with van der Waals surface area (Å²) in [6.07, 6.45) is 6.15. The Morgan fingerprint density at radius 2 is 2.41 bits per heavy atom. The zero-order chi connectivity index (χ0) is 12.5. The molecular formula is C13H27N3O. The quantitative estimate of drug-likeness (QED) is 0.594. The van der Waals surface area contributed by atoms with Gasteiger partial charge in [-0.3, -0.25) is 4.79 Å². The highest BCUT2D eigenvalue weighted by molar-refractivity contribution is 5.76. The van der Waals surface area contributed by atoms with Gasteiger partial charge in [-0.25, -0.2) is 0 Å². The Morgan fingerprint density at radius 1 is 1.59 bits per heavy atom. The highest BCUT2D eigenvalue weighted by atomic mass is 16.1. The lowest BCUT2D eigenvalue weighted by molar-refractivity contribution is -0.122. The van der Waals surface area contributed by atoms with Crippen molar-refractivity contribution in [1.29, 1.82) is 0 Å². The summed E-state index contributed by atoms with van der Waals surface area (Å²) in [5, 5.41) is 6.37. The van der Waals surface area contributed by atoms with E-state index in [4.69, 9.17) is 5.73 Å². The fourth-order valence-corrected chi connectivity index (χ4v) is 2.30. The molecule has 1 aliphatic rings. The molecule has 1 saturated heterocycles. The Labute approximate surface area is 105 Å². The maximum Gasteiger partial charge on any atom is 0.220 e. The van der Waals surface area contributed by atoms with E-state index >= 15 is 0 Å². The minimum Gasteiger partial charge on any atom is -0.352 e. The second-order valence-corrected chi connectivity index (χ2v) is 5.04. The molecule has 0 bridgehead atoms. The molecule has 0 aromatic heterocycles. The number of amides is 1. The van der Waals surface area contributed by atoms with E-state index in [2.05, 4.69) is 17.6 Å². The van der Waals surface area contributed by atoms with Crippen LogP contribution < -0.4 is 16.4 Å². The number of hydrogen-bond acceptors (Lipinski definition) is 3. The van der Waals surface area contributed by atoms with Crippen LogP contribution in [0.2, 0.25) is 0 Å². The molecular weight excluding hydrogens is 214 g/mol. The third-order valence-electron chi connectivity index (χ3n) is 3.50. The van der Waals surface area contributed by atoms with Crippen LogP contribution in [0.3, 0.4) is 0 Å². The first-order chi connectivity index (χ1) is 8.26. The van der Waals surface area contributed by atoms with Gasteiger partial charge >= 0.3 is 0 Å². The van der Waals surface area contributed by atoms with Gasteiger partial charge in [0.1, 0.15) is 0 Å². The van der Waals surface area contributed by atoms with E-state index in [1.165, 1.54) is 6.42 Å². The Hall–Kier alpha value is -0.610. The number of rotatable bonds is 8. The van der Waals surface area contributed by atoms with Crippen molar-refractivity contribution < 1.29 is 4.79 Å². The van der Waals surface area contributed by atoms with Crippen LogP contribution >= 0.6 is 0 Å². The predicted molar refractivity (Wildman–Crippen MR) is 70.7 cm³/mol. The summed E-state index contributed by atoms with van der Waals surface area (Å²) in [5.74, 6) is 0.858. The van der Waals surface area contributed by atoms with Gasteiger partial charge in [0, 0.05) is 19.0 Å². The molecule has 4 nitrogen and oxygen atoms in total. The van der Waals surface area contributed by atoms with E-state index in [1.54, 1.807) is 0 Å². The van der Waals surface area contributed by atoms with E-state index < -0.39 is 0 Å². The second kappa shape index (κ2) is 8.48. The second-order valence-electron chi connectivity index (χ2n) is 5.04. The van der Waals surface area contributed by atoms with Crippen LogP contribution in [0.1, 0.15) is 45.4 Å². The first kappa shape index (κ1) is 14.5. The maximum atomic E-state index is 11.7. The van der Waals surface area contributed by atoms with E-state index in [0.29, 0.717) is 18.9 Å². The molecule has 100 valence electrons. The van der Waals surface area contributed by atoms with Gasteiger partial charge in [0.25, 0.3) is 0 Å². The molecule has 1 heterocycles. The zero-order valence-electron chi connectivity index (χ0n) is 11.0. The molecule has 1 rings (SSSR count). The summed E-state index contributed by atoms with van der Waals surface area (Å²) in [7, 11) is 0. The standard InChI is InChI=1S/C13H27N3O/c1-2-3-4-12(9-14)16-13(17)6-5-11-7-8-15-10-11/h11-12,15H,2-10,14H2,1H3,(H,16,17). The van der Waals surface area contributed by atoms with Gasteiger partial charge in [-0.05, 0) is 38.3 Å². The van der Waals surface area contributed by atoms with Gasteiger partial charge in [-0.15, -0.1) is 0 Å². The van der Waals surface area contributed by atoms with Gasteiger partial charge in [0.15, 0.2) is 0 Å². The lowest BCUT2D eigenvalue weighted by atomic mass is 10.0. The van der Waals surface area contributed by atoms with Gasteiger partial charge in [0.05, 0.1) is 0 Å². The molecule has 0 aromatic rings. The summed E-state index contributed by atoms with van der Waals surface area (Å²) in [6.45, 7) is 4.89. The first-order valence-corrected chi connectivity index (χ1v) is 6.96. The normalized spacial score (nSPS) is 21.4. The Balaban J connectivity index is 2.12. The minimum atomic E-state index is 0.170. The smallest absolute Gasteiger partial charge is 0.220 e. The molecule has 0 aliphatic carbocycles. The molecule has 4 heteroatoms. The molecule has 2 unspecified atom stereocenters. The predicted octanol–water partition coefficient (Wildman–Crippen LogP) is 1.01. The van der Waals surface area contributed by atoms with Crippen LogP contribution in [0.5, 0.6) is 0 Å². The third-order valence-corrected chi connectivity index (χ3v) is 3.50. The van der Waals surface area contributed by atoms with E-state index in [9.17, 15) is 4.79 Å². The lowest BCUT2D eigenvalue weighted by Gasteiger charge is -2.17. The molecule has 1 fully saturated rings. The molecule has 0 aromatic carbocycles. The fourth-order valence-electron chi connectivity index (χ4n) is 2.30. The summed E-state index contributed by atoms with van der Waals surface area (Å²) in [6, 6.07) is 0.171. The monoisotopic (exact) mass is 241 g/mol. The van der Waals surface area contributed by atoms with Crippen molar-refractivity contribution in [2.45, 2.75) is 51.5 Å². The average molecular weight is 241 g/mol. The number of carbonyl (C=O) groups excluding carboxylic acids is 1. The Bertz CT molecular complexity index is 215. The first-order valence-electron chi connectivity index (χ1n) is 6.96. The number of hydrogen-bond donors (Lipinski definition) is 3. The SMILES string of the molecule is CCCCC(CN)NC(=O)CCC1CCNC1. The van der Waals surface area contributed by atoms with Gasteiger partial charge in [-0.2, -0.15) is 0 Å². The van der Waals surface area contributed by atoms with Crippen molar-refractivity contribution in [3.05, 3.63) is 0 Å². The van der Waals surface area contributed by atoms with Crippen LogP contribution in [-0.2, 0) is 4.79 Å². The lowest BCUT2D eigenvalue weighted by Crippen LogP contribution is -2.40. The topological polar surface area (TPSA) is 67.1 Å². The molecule has 0 spiro atoms. The Morgan fingerprint density at radius 3 is 3.00 bits per heavy atom. The molecule has 1 aliphatic heterocycles. The number of nitrogens with two attached hydrogens (primary N) is 1. The third kappa shape index (κ3) is 6.03. The fraction of sp³-hybridized carbons (Fsp3) is 0.923. The minimum absolute atomic E-state index is 0.170. The summed E-state index contributed by atoms with van der Waals surface area (Å²) in [5.41, 5.74) is 5.66. The van der Waals surface area contributed by atoms with Gasteiger partial charge < -0.3 is 16.4 Å². The molecule has 4 N–H and O–H groups in total. The highest BCUT2D eigenvalue weighted by Gasteiger charge is 2.16. The van der Waals surface area contributed by atoms with Crippen molar-refractivity contribution in [3.63, 3.8) is 0 Å². The molecule has 1 amide bonds. The number of nitrogens with one attached hydrogen (secondary N) is 2. The van der Waals surface area contributed by atoms with Gasteiger partial charge in [-0.1, -0.05) is 19.8 Å². The van der Waals surface area contributed by atoms with Crippen LogP contribution in [0.15, 0.2) is 0 Å².